The second kappa shape index (κ2) is 6.21. The number of methoxy groups -OCH3 is 3. The zero-order chi connectivity index (χ0) is 19.4. The lowest BCUT2D eigenvalue weighted by Gasteiger charge is -2.38. The van der Waals surface area contributed by atoms with Gasteiger partial charge in [0.1, 0.15) is 0 Å². The molecule has 0 saturated heterocycles. The van der Waals surface area contributed by atoms with E-state index in [2.05, 4.69) is 23.1 Å². The summed E-state index contributed by atoms with van der Waals surface area (Å²) in [4.78, 5) is 2.13. The van der Waals surface area contributed by atoms with E-state index >= 15 is 0 Å². The summed E-state index contributed by atoms with van der Waals surface area (Å²) >= 11 is 0. The van der Waals surface area contributed by atoms with Gasteiger partial charge < -0.3 is 28.6 Å². The van der Waals surface area contributed by atoms with Crippen molar-refractivity contribution in [1.82, 2.24) is 0 Å². The summed E-state index contributed by atoms with van der Waals surface area (Å²) < 4.78 is 28.3. The van der Waals surface area contributed by atoms with E-state index in [1.54, 1.807) is 21.3 Å². The van der Waals surface area contributed by atoms with Gasteiger partial charge >= 0.3 is 0 Å². The molecule has 2 aliphatic heterocycles. The Bertz CT molecular complexity index is 1090. The van der Waals surface area contributed by atoms with Gasteiger partial charge in [-0.3, -0.25) is 0 Å². The lowest BCUT2D eigenvalue weighted by atomic mass is 9.88. The minimum Gasteiger partial charge on any atom is -0.493 e. The molecular formula is C22H21NO5. The van der Waals surface area contributed by atoms with Crippen LogP contribution in [-0.2, 0) is 4.74 Å². The largest absolute Gasteiger partial charge is 0.493 e. The Hall–Kier alpha value is -3.12. The van der Waals surface area contributed by atoms with Crippen LogP contribution in [0.4, 0.5) is 5.69 Å². The molecule has 2 heterocycles. The van der Waals surface area contributed by atoms with Gasteiger partial charge in [0.25, 0.3) is 0 Å². The van der Waals surface area contributed by atoms with Gasteiger partial charge in [-0.2, -0.15) is 0 Å². The van der Waals surface area contributed by atoms with E-state index in [4.69, 9.17) is 23.7 Å². The van der Waals surface area contributed by atoms with Crippen molar-refractivity contribution >= 4 is 16.5 Å². The highest BCUT2D eigenvalue weighted by atomic mass is 16.7. The molecule has 1 atom stereocenters. The molecular weight excluding hydrogens is 358 g/mol. The van der Waals surface area contributed by atoms with Crippen LogP contribution in [0.2, 0.25) is 0 Å². The van der Waals surface area contributed by atoms with Crippen molar-refractivity contribution in [1.29, 1.82) is 0 Å². The highest BCUT2D eigenvalue weighted by Gasteiger charge is 2.34. The van der Waals surface area contributed by atoms with Gasteiger partial charge in [-0.25, -0.2) is 0 Å². The fourth-order valence-corrected chi connectivity index (χ4v) is 4.31. The molecule has 0 unspecified atom stereocenters. The summed E-state index contributed by atoms with van der Waals surface area (Å²) in [6.07, 6.45) is -0.316. The molecule has 6 heteroatoms. The molecule has 0 aromatic heterocycles. The Morgan fingerprint density at radius 2 is 1.68 bits per heavy atom. The quantitative estimate of drug-likeness (QED) is 0.674. The van der Waals surface area contributed by atoms with E-state index < -0.39 is 0 Å². The van der Waals surface area contributed by atoms with E-state index in [1.807, 2.05) is 25.2 Å². The minimum atomic E-state index is -0.316. The van der Waals surface area contributed by atoms with Crippen molar-refractivity contribution in [2.75, 3.05) is 40.1 Å². The molecule has 6 nitrogen and oxygen atoms in total. The lowest BCUT2D eigenvalue weighted by molar-refractivity contribution is 0.101. The Morgan fingerprint density at radius 3 is 2.39 bits per heavy atom. The summed E-state index contributed by atoms with van der Waals surface area (Å²) in [6.45, 7) is 0.254. The number of hydrogen-bond acceptors (Lipinski definition) is 6. The third kappa shape index (κ3) is 2.18. The number of nitrogens with zero attached hydrogens (tertiary/aromatic N) is 1. The first-order valence-electron chi connectivity index (χ1n) is 9.05. The smallest absolute Gasteiger partial charge is 0.231 e. The van der Waals surface area contributed by atoms with Gasteiger partial charge in [0.05, 0.1) is 25.5 Å². The number of benzene rings is 3. The van der Waals surface area contributed by atoms with E-state index in [1.165, 1.54) is 0 Å². The molecule has 0 fully saturated rings. The van der Waals surface area contributed by atoms with Crippen LogP contribution in [-0.4, -0.2) is 35.2 Å². The standard InChI is InChI=1S/C22H21NO5/c1-23-20-14(6-5-12-9-17-18(10-15(12)20)28-11-27-17)13-7-8-16(24-2)21(25-3)19(13)22(23)26-4/h5-10,22H,11H2,1-4H3/t22-/m1/s1. The maximum atomic E-state index is 5.90. The van der Waals surface area contributed by atoms with Crippen LogP contribution in [0.3, 0.4) is 0 Å². The summed E-state index contributed by atoms with van der Waals surface area (Å²) in [7, 11) is 7.03. The van der Waals surface area contributed by atoms with Gasteiger partial charge in [-0.15, -0.1) is 0 Å². The molecule has 0 spiro atoms. The van der Waals surface area contributed by atoms with Crippen molar-refractivity contribution in [2.45, 2.75) is 6.23 Å². The van der Waals surface area contributed by atoms with Gasteiger partial charge in [-0.05, 0) is 35.2 Å². The number of ether oxygens (including phenoxy) is 5. The molecule has 0 radical (unpaired) electrons. The maximum Gasteiger partial charge on any atom is 0.231 e. The summed E-state index contributed by atoms with van der Waals surface area (Å²) in [6, 6.07) is 12.3. The molecule has 3 aromatic rings. The third-order valence-electron chi connectivity index (χ3n) is 5.53. The Balaban J connectivity index is 1.84. The van der Waals surface area contributed by atoms with Crippen LogP contribution in [0.15, 0.2) is 36.4 Å². The number of anilines is 1. The normalized spacial score (nSPS) is 16.7. The topological polar surface area (TPSA) is 49.4 Å². The molecule has 2 aliphatic rings. The number of hydrogen-bond donors (Lipinski definition) is 0. The first-order valence-corrected chi connectivity index (χ1v) is 9.05. The Labute approximate surface area is 163 Å². The van der Waals surface area contributed by atoms with Gasteiger partial charge in [-0.1, -0.05) is 12.1 Å². The highest BCUT2D eigenvalue weighted by molar-refractivity contribution is 6.05. The van der Waals surface area contributed by atoms with Crippen LogP contribution in [0.25, 0.3) is 21.9 Å². The molecule has 0 amide bonds. The van der Waals surface area contributed by atoms with E-state index in [0.29, 0.717) is 11.5 Å². The minimum absolute atomic E-state index is 0.254. The maximum absolute atomic E-state index is 5.90. The second-order valence-corrected chi connectivity index (χ2v) is 6.85. The van der Waals surface area contributed by atoms with E-state index in [9.17, 15) is 0 Å². The van der Waals surface area contributed by atoms with Crippen LogP contribution in [0, 0.1) is 0 Å². The molecule has 0 N–H and O–H groups in total. The summed E-state index contributed by atoms with van der Waals surface area (Å²) in [5, 5.41) is 2.18. The monoisotopic (exact) mass is 379 g/mol. The van der Waals surface area contributed by atoms with Gasteiger partial charge in [0, 0.05) is 25.1 Å². The van der Waals surface area contributed by atoms with Crippen LogP contribution in [0.5, 0.6) is 23.0 Å². The second-order valence-electron chi connectivity index (χ2n) is 6.85. The van der Waals surface area contributed by atoms with Crippen LogP contribution in [0.1, 0.15) is 11.8 Å². The van der Waals surface area contributed by atoms with Crippen LogP contribution >= 0.6 is 0 Å². The fourth-order valence-electron chi connectivity index (χ4n) is 4.31. The van der Waals surface area contributed by atoms with Crippen LogP contribution < -0.4 is 23.8 Å². The van der Waals surface area contributed by atoms with Crippen molar-refractivity contribution in [2.24, 2.45) is 0 Å². The number of rotatable bonds is 3. The number of fused-ring (bicyclic) bond motifs is 6. The summed E-state index contributed by atoms with van der Waals surface area (Å²) in [5.74, 6) is 2.92. The molecule has 0 aliphatic carbocycles. The molecule has 5 rings (SSSR count). The van der Waals surface area contributed by atoms with Gasteiger partial charge in [0.2, 0.25) is 6.79 Å². The molecule has 144 valence electrons. The highest BCUT2D eigenvalue weighted by Crippen LogP contribution is 2.53. The average Bonchev–Trinajstić information content (AvgIpc) is 3.18. The van der Waals surface area contributed by atoms with Crippen molar-refractivity contribution in [3.8, 4) is 34.1 Å². The van der Waals surface area contributed by atoms with Gasteiger partial charge in [0.15, 0.2) is 29.2 Å². The zero-order valence-electron chi connectivity index (χ0n) is 16.2. The predicted molar refractivity (Wildman–Crippen MR) is 107 cm³/mol. The van der Waals surface area contributed by atoms with E-state index in [0.717, 1.165) is 44.6 Å². The first kappa shape index (κ1) is 17.0. The van der Waals surface area contributed by atoms with E-state index in [-0.39, 0.29) is 13.0 Å². The first-order chi connectivity index (χ1) is 13.7. The zero-order valence-corrected chi connectivity index (χ0v) is 16.2. The van der Waals surface area contributed by atoms with Crippen molar-refractivity contribution in [3.63, 3.8) is 0 Å². The van der Waals surface area contributed by atoms with Crippen molar-refractivity contribution in [3.05, 3.63) is 42.0 Å². The Kier molecular flexibility index (Phi) is 3.77. The third-order valence-corrected chi connectivity index (χ3v) is 5.53. The molecule has 0 saturated carbocycles. The Morgan fingerprint density at radius 1 is 0.929 bits per heavy atom. The lowest BCUT2D eigenvalue weighted by Crippen LogP contribution is -2.30. The fraction of sp³-hybridized carbons (Fsp3) is 0.273. The molecule has 3 aromatic carbocycles. The van der Waals surface area contributed by atoms with Crippen molar-refractivity contribution < 1.29 is 23.7 Å². The molecule has 0 bridgehead atoms. The average molecular weight is 379 g/mol. The summed E-state index contributed by atoms with van der Waals surface area (Å²) in [5.41, 5.74) is 4.22. The molecule has 28 heavy (non-hydrogen) atoms. The SMILES string of the molecule is COc1ccc2c(c1OC)[C@@H](OC)N(C)c1c-2ccc2cc3c(cc12)OCO3. The predicted octanol–water partition coefficient (Wildman–Crippen LogP) is 4.35.